The van der Waals surface area contributed by atoms with Crippen LogP contribution in [0.3, 0.4) is 0 Å². The average Bonchev–Trinajstić information content (AvgIpc) is 2.64. The number of halogens is 1. The SMILES string of the molecule is N#CC(Cl)CN1CCn2ccnc2C1. The van der Waals surface area contributed by atoms with Crippen LogP contribution in [0.5, 0.6) is 0 Å². The van der Waals surface area contributed by atoms with Crippen molar-refractivity contribution >= 4 is 11.6 Å². The third kappa shape index (κ3) is 1.89. The van der Waals surface area contributed by atoms with Crippen molar-refractivity contribution < 1.29 is 0 Å². The van der Waals surface area contributed by atoms with E-state index in [4.69, 9.17) is 16.9 Å². The highest BCUT2D eigenvalue weighted by Crippen LogP contribution is 2.11. The predicted octanol–water partition coefficient (Wildman–Crippen LogP) is 0.830. The fourth-order valence-electron chi connectivity index (χ4n) is 1.65. The average molecular weight is 211 g/mol. The Morgan fingerprint density at radius 2 is 2.50 bits per heavy atom. The van der Waals surface area contributed by atoms with Crippen LogP contribution in [0.4, 0.5) is 0 Å². The fourth-order valence-corrected chi connectivity index (χ4v) is 1.84. The zero-order valence-electron chi connectivity index (χ0n) is 7.73. The predicted molar refractivity (Wildman–Crippen MR) is 52.8 cm³/mol. The molecule has 4 nitrogen and oxygen atoms in total. The lowest BCUT2D eigenvalue weighted by molar-refractivity contribution is 0.223. The minimum absolute atomic E-state index is 0.420. The third-order valence-corrected chi connectivity index (χ3v) is 2.62. The van der Waals surface area contributed by atoms with Crippen molar-refractivity contribution in [1.29, 1.82) is 5.26 Å². The van der Waals surface area contributed by atoms with Gasteiger partial charge in [0.1, 0.15) is 11.2 Å². The first kappa shape index (κ1) is 9.50. The van der Waals surface area contributed by atoms with Crippen molar-refractivity contribution in [2.24, 2.45) is 0 Å². The van der Waals surface area contributed by atoms with Gasteiger partial charge in [-0.05, 0) is 0 Å². The van der Waals surface area contributed by atoms with E-state index in [-0.39, 0.29) is 0 Å². The second-order valence-electron chi connectivity index (χ2n) is 3.37. The van der Waals surface area contributed by atoms with Gasteiger partial charge in [0.05, 0.1) is 12.6 Å². The van der Waals surface area contributed by atoms with E-state index >= 15 is 0 Å². The molecule has 0 aromatic carbocycles. The number of aromatic nitrogens is 2. The first-order valence-electron chi connectivity index (χ1n) is 4.55. The number of rotatable bonds is 2. The van der Waals surface area contributed by atoms with Gasteiger partial charge in [-0.3, -0.25) is 4.90 Å². The monoisotopic (exact) mass is 210 g/mol. The smallest absolute Gasteiger partial charge is 0.133 e. The Bertz CT molecular complexity index is 354. The van der Waals surface area contributed by atoms with E-state index in [0.717, 1.165) is 25.5 Å². The van der Waals surface area contributed by atoms with E-state index in [1.165, 1.54) is 0 Å². The highest BCUT2D eigenvalue weighted by molar-refractivity contribution is 6.22. The number of nitriles is 1. The molecule has 0 N–H and O–H groups in total. The molecule has 1 aliphatic rings. The Labute approximate surface area is 87.7 Å². The van der Waals surface area contributed by atoms with Gasteiger partial charge >= 0.3 is 0 Å². The summed E-state index contributed by atoms with van der Waals surface area (Å²) in [5, 5.41) is 8.17. The highest BCUT2D eigenvalue weighted by atomic mass is 35.5. The van der Waals surface area contributed by atoms with Gasteiger partial charge in [0.2, 0.25) is 0 Å². The highest BCUT2D eigenvalue weighted by Gasteiger charge is 2.18. The minimum Gasteiger partial charge on any atom is -0.333 e. The van der Waals surface area contributed by atoms with E-state index < -0.39 is 5.38 Å². The summed E-state index contributed by atoms with van der Waals surface area (Å²) in [4.78, 5) is 6.39. The van der Waals surface area contributed by atoms with Crippen molar-refractivity contribution in [1.82, 2.24) is 14.5 Å². The van der Waals surface area contributed by atoms with Crippen LogP contribution in [0.1, 0.15) is 5.82 Å². The van der Waals surface area contributed by atoms with Gasteiger partial charge in [-0.2, -0.15) is 5.26 Å². The number of hydrogen-bond acceptors (Lipinski definition) is 3. The zero-order valence-corrected chi connectivity index (χ0v) is 8.48. The summed E-state index contributed by atoms with van der Waals surface area (Å²) < 4.78 is 2.13. The molecule has 1 aromatic rings. The number of imidazole rings is 1. The van der Waals surface area contributed by atoms with Crippen LogP contribution in [0.15, 0.2) is 12.4 Å². The second-order valence-corrected chi connectivity index (χ2v) is 3.90. The lowest BCUT2D eigenvalue weighted by Crippen LogP contribution is -2.37. The van der Waals surface area contributed by atoms with Crippen LogP contribution in [-0.2, 0) is 13.1 Å². The van der Waals surface area contributed by atoms with Crippen LogP contribution < -0.4 is 0 Å². The van der Waals surface area contributed by atoms with Gasteiger partial charge in [0.15, 0.2) is 0 Å². The molecule has 74 valence electrons. The van der Waals surface area contributed by atoms with E-state index in [2.05, 4.69) is 14.5 Å². The molecule has 2 heterocycles. The van der Waals surface area contributed by atoms with E-state index in [1.54, 1.807) is 6.20 Å². The largest absolute Gasteiger partial charge is 0.333 e. The molecule has 1 atom stereocenters. The standard InChI is InChI=1S/C9H11ClN4/c10-8(5-11)6-13-3-4-14-2-1-12-9(14)7-13/h1-2,8H,3-4,6-7H2. The van der Waals surface area contributed by atoms with Crippen LogP contribution >= 0.6 is 11.6 Å². The van der Waals surface area contributed by atoms with Crippen molar-refractivity contribution in [3.05, 3.63) is 18.2 Å². The minimum atomic E-state index is -0.420. The zero-order chi connectivity index (χ0) is 9.97. The molecule has 1 aromatic heterocycles. The molecule has 2 rings (SSSR count). The molecule has 0 bridgehead atoms. The lowest BCUT2D eigenvalue weighted by atomic mass is 10.3. The molecule has 0 amide bonds. The first-order valence-corrected chi connectivity index (χ1v) is 4.99. The summed E-state index contributed by atoms with van der Waals surface area (Å²) in [6.07, 6.45) is 3.79. The maximum absolute atomic E-state index is 8.59. The second kappa shape index (κ2) is 3.99. The summed E-state index contributed by atoms with van der Waals surface area (Å²) in [5.74, 6) is 1.05. The molecule has 1 unspecified atom stereocenters. The fraction of sp³-hybridized carbons (Fsp3) is 0.556. The summed E-state index contributed by atoms with van der Waals surface area (Å²) in [6, 6.07) is 2.03. The Morgan fingerprint density at radius 1 is 1.64 bits per heavy atom. The normalized spacial score (nSPS) is 18.6. The maximum Gasteiger partial charge on any atom is 0.133 e. The molecule has 0 saturated heterocycles. The number of fused-ring (bicyclic) bond motifs is 1. The topological polar surface area (TPSA) is 44.9 Å². The van der Waals surface area contributed by atoms with Crippen LogP contribution in [0, 0.1) is 11.3 Å². The Balaban J connectivity index is 1.98. The van der Waals surface area contributed by atoms with Gasteiger partial charge in [0.25, 0.3) is 0 Å². The number of hydrogen-bond donors (Lipinski definition) is 0. The number of nitrogens with zero attached hydrogens (tertiary/aromatic N) is 4. The lowest BCUT2D eigenvalue weighted by Gasteiger charge is -2.27. The van der Waals surface area contributed by atoms with Gasteiger partial charge in [-0.15, -0.1) is 11.6 Å². The van der Waals surface area contributed by atoms with E-state index in [0.29, 0.717) is 6.54 Å². The molecule has 0 spiro atoms. The first-order chi connectivity index (χ1) is 6.79. The molecule has 0 fully saturated rings. The van der Waals surface area contributed by atoms with Crippen molar-refractivity contribution in [3.63, 3.8) is 0 Å². The maximum atomic E-state index is 8.59. The summed E-state index contributed by atoms with van der Waals surface area (Å²) >= 11 is 5.77. The molecule has 0 aliphatic carbocycles. The van der Waals surface area contributed by atoms with Crippen molar-refractivity contribution in [2.75, 3.05) is 13.1 Å². The molecule has 0 saturated carbocycles. The molecular formula is C9H11ClN4. The molecular weight excluding hydrogens is 200 g/mol. The summed E-state index contributed by atoms with van der Waals surface area (Å²) in [6.45, 7) is 3.28. The van der Waals surface area contributed by atoms with Gasteiger partial charge in [-0.1, -0.05) is 0 Å². The van der Waals surface area contributed by atoms with E-state index in [9.17, 15) is 0 Å². The van der Waals surface area contributed by atoms with Gasteiger partial charge in [-0.25, -0.2) is 4.98 Å². The summed E-state index contributed by atoms with van der Waals surface area (Å²) in [5.41, 5.74) is 0. The Kier molecular flexibility index (Phi) is 2.71. The van der Waals surface area contributed by atoms with Crippen LogP contribution in [-0.4, -0.2) is 32.9 Å². The van der Waals surface area contributed by atoms with Gasteiger partial charge < -0.3 is 4.57 Å². The molecule has 0 radical (unpaired) electrons. The molecule has 14 heavy (non-hydrogen) atoms. The Morgan fingerprint density at radius 3 is 3.29 bits per heavy atom. The van der Waals surface area contributed by atoms with E-state index in [1.807, 2.05) is 12.3 Å². The molecule has 1 aliphatic heterocycles. The third-order valence-electron chi connectivity index (χ3n) is 2.38. The van der Waals surface area contributed by atoms with Crippen LogP contribution in [0.2, 0.25) is 0 Å². The quantitative estimate of drug-likeness (QED) is 0.680. The summed E-state index contributed by atoms with van der Waals surface area (Å²) in [7, 11) is 0. The number of alkyl halides is 1. The molecule has 5 heteroatoms. The van der Waals surface area contributed by atoms with Crippen LogP contribution in [0.25, 0.3) is 0 Å². The van der Waals surface area contributed by atoms with Gasteiger partial charge in [0, 0.05) is 32.0 Å². The Hall–Kier alpha value is -1.05. The van der Waals surface area contributed by atoms with Crippen molar-refractivity contribution in [3.8, 4) is 6.07 Å². The van der Waals surface area contributed by atoms with Crippen molar-refractivity contribution in [2.45, 2.75) is 18.5 Å².